The Morgan fingerprint density at radius 2 is 1.75 bits per heavy atom. The van der Waals surface area contributed by atoms with Crippen LogP contribution in [0.4, 0.5) is 17.3 Å². The molecule has 0 aliphatic rings. The van der Waals surface area contributed by atoms with Gasteiger partial charge in [0.2, 0.25) is 0 Å². The van der Waals surface area contributed by atoms with Crippen LogP contribution in [-0.4, -0.2) is 23.1 Å². The van der Waals surface area contributed by atoms with Gasteiger partial charge in [0.05, 0.1) is 0 Å². The van der Waals surface area contributed by atoms with Crippen LogP contribution in [0.1, 0.15) is 25.2 Å². The second-order valence-corrected chi connectivity index (χ2v) is 4.68. The Labute approximate surface area is 120 Å². The molecule has 0 atom stereocenters. The Morgan fingerprint density at radius 1 is 1.05 bits per heavy atom. The van der Waals surface area contributed by atoms with Crippen molar-refractivity contribution >= 4 is 17.3 Å². The highest BCUT2D eigenvalue weighted by molar-refractivity contribution is 5.67. The number of aryl methyl sites for hydroxylation is 1. The van der Waals surface area contributed by atoms with E-state index in [0.717, 1.165) is 41.8 Å². The third-order valence-electron chi connectivity index (χ3n) is 3.22. The maximum Gasteiger partial charge on any atom is 0.141 e. The molecular weight excluding hydrogens is 248 g/mol. The maximum atomic E-state index is 4.64. The van der Waals surface area contributed by atoms with Crippen LogP contribution in [0.25, 0.3) is 0 Å². The number of hydrogen-bond donors (Lipinski definition) is 1. The van der Waals surface area contributed by atoms with E-state index in [4.69, 9.17) is 0 Å². The first-order chi connectivity index (χ1) is 9.67. The minimum Gasteiger partial charge on any atom is -0.370 e. The van der Waals surface area contributed by atoms with Crippen molar-refractivity contribution in [2.45, 2.75) is 27.7 Å². The molecule has 0 spiro atoms. The van der Waals surface area contributed by atoms with Crippen LogP contribution >= 0.6 is 0 Å². The lowest BCUT2D eigenvalue weighted by atomic mass is 10.2. The van der Waals surface area contributed by atoms with E-state index >= 15 is 0 Å². The smallest absolute Gasteiger partial charge is 0.141 e. The van der Waals surface area contributed by atoms with Crippen molar-refractivity contribution in [2.24, 2.45) is 0 Å². The molecule has 0 aliphatic carbocycles. The van der Waals surface area contributed by atoms with Gasteiger partial charge in [-0.05, 0) is 39.8 Å². The van der Waals surface area contributed by atoms with Gasteiger partial charge in [-0.25, -0.2) is 9.97 Å². The average molecular weight is 270 g/mol. The molecule has 0 saturated heterocycles. The monoisotopic (exact) mass is 270 g/mol. The van der Waals surface area contributed by atoms with E-state index in [1.54, 1.807) is 0 Å². The fraction of sp³-hybridized carbons (Fsp3) is 0.375. The standard InChI is InChI=1S/C16H22N4/c1-5-17-15-12(3)16(19-13(4)18-15)20(6-2)14-10-8-7-9-11-14/h7-11H,5-6H2,1-4H3,(H,17,18,19). The van der Waals surface area contributed by atoms with Crippen molar-refractivity contribution in [1.82, 2.24) is 9.97 Å². The zero-order chi connectivity index (χ0) is 14.5. The highest BCUT2D eigenvalue weighted by Crippen LogP contribution is 2.29. The summed E-state index contributed by atoms with van der Waals surface area (Å²) in [4.78, 5) is 11.3. The quantitative estimate of drug-likeness (QED) is 0.899. The lowest BCUT2D eigenvalue weighted by Gasteiger charge is -2.25. The first-order valence-corrected chi connectivity index (χ1v) is 7.09. The van der Waals surface area contributed by atoms with Gasteiger partial charge >= 0.3 is 0 Å². The molecule has 0 radical (unpaired) electrons. The zero-order valence-corrected chi connectivity index (χ0v) is 12.6. The number of aromatic nitrogens is 2. The lowest BCUT2D eigenvalue weighted by molar-refractivity contribution is 0.933. The van der Waals surface area contributed by atoms with Crippen molar-refractivity contribution in [2.75, 3.05) is 23.3 Å². The molecule has 1 N–H and O–H groups in total. The van der Waals surface area contributed by atoms with Crippen LogP contribution in [0.3, 0.4) is 0 Å². The summed E-state index contributed by atoms with van der Waals surface area (Å²) in [5.41, 5.74) is 2.24. The number of para-hydroxylation sites is 1. The molecule has 0 amide bonds. The molecule has 0 aliphatic heterocycles. The Hall–Kier alpha value is -2.10. The summed E-state index contributed by atoms with van der Waals surface area (Å²) in [6.07, 6.45) is 0. The highest BCUT2D eigenvalue weighted by atomic mass is 15.2. The van der Waals surface area contributed by atoms with Crippen LogP contribution in [-0.2, 0) is 0 Å². The predicted octanol–water partition coefficient (Wildman–Crippen LogP) is 3.68. The molecule has 1 heterocycles. The van der Waals surface area contributed by atoms with Crippen LogP contribution < -0.4 is 10.2 Å². The van der Waals surface area contributed by atoms with E-state index < -0.39 is 0 Å². The van der Waals surface area contributed by atoms with Gasteiger partial charge in [-0.15, -0.1) is 0 Å². The molecule has 0 unspecified atom stereocenters. The molecule has 1 aromatic carbocycles. The van der Waals surface area contributed by atoms with Crippen molar-refractivity contribution in [3.8, 4) is 0 Å². The van der Waals surface area contributed by atoms with E-state index in [-0.39, 0.29) is 0 Å². The average Bonchev–Trinajstić information content (AvgIpc) is 2.46. The van der Waals surface area contributed by atoms with Crippen LogP contribution in [0.5, 0.6) is 0 Å². The van der Waals surface area contributed by atoms with Gasteiger partial charge in [0.1, 0.15) is 17.5 Å². The van der Waals surface area contributed by atoms with Crippen LogP contribution in [0.15, 0.2) is 30.3 Å². The van der Waals surface area contributed by atoms with Crippen LogP contribution in [0.2, 0.25) is 0 Å². The number of benzene rings is 1. The van der Waals surface area contributed by atoms with Gasteiger partial charge in [0.25, 0.3) is 0 Å². The van der Waals surface area contributed by atoms with Gasteiger partial charge in [0.15, 0.2) is 0 Å². The van der Waals surface area contributed by atoms with E-state index in [1.807, 2.05) is 25.1 Å². The second kappa shape index (κ2) is 6.37. The molecular formula is C16H22N4. The van der Waals surface area contributed by atoms with Gasteiger partial charge in [-0.3, -0.25) is 0 Å². The molecule has 0 bridgehead atoms. The van der Waals surface area contributed by atoms with E-state index in [0.29, 0.717) is 0 Å². The topological polar surface area (TPSA) is 41.1 Å². The summed E-state index contributed by atoms with van der Waals surface area (Å²) in [6.45, 7) is 9.93. The number of nitrogens with zero attached hydrogens (tertiary/aromatic N) is 3. The summed E-state index contributed by atoms with van der Waals surface area (Å²) < 4.78 is 0. The predicted molar refractivity (Wildman–Crippen MR) is 84.8 cm³/mol. The van der Waals surface area contributed by atoms with E-state index in [9.17, 15) is 0 Å². The van der Waals surface area contributed by atoms with E-state index in [1.165, 1.54) is 0 Å². The molecule has 106 valence electrons. The Balaban J connectivity index is 2.49. The number of anilines is 3. The largest absolute Gasteiger partial charge is 0.370 e. The summed E-state index contributed by atoms with van der Waals surface area (Å²) >= 11 is 0. The number of hydrogen-bond acceptors (Lipinski definition) is 4. The van der Waals surface area contributed by atoms with Gasteiger partial charge in [-0.1, -0.05) is 18.2 Å². The van der Waals surface area contributed by atoms with Gasteiger partial charge < -0.3 is 10.2 Å². The third kappa shape index (κ3) is 2.90. The molecule has 0 fully saturated rings. The normalized spacial score (nSPS) is 10.4. The minimum atomic E-state index is 0.788. The summed E-state index contributed by atoms with van der Waals surface area (Å²) in [6, 6.07) is 10.3. The van der Waals surface area contributed by atoms with E-state index in [2.05, 4.69) is 53.1 Å². The fourth-order valence-electron chi connectivity index (χ4n) is 2.28. The molecule has 20 heavy (non-hydrogen) atoms. The Kier molecular flexibility index (Phi) is 4.56. The highest BCUT2D eigenvalue weighted by Gasteiger charge is 2.15. The SMILES string of the molecule is CCNc1nc(C)nc(N(CC)c2ccccc2)c1C. The summed E-state index contributed by atoms with van der Waals surface area (Å²) in [5, 5.41) is 3.31. The van der Waals surface area contributed by atoms with Crippen molar-refractivity contribution in [3.63, 3.8) is 0 Å². The first-order valence-electron chi connectivity index (χ1n) is 7.09. The van der Waals surface area contributed by atoms with Crippen molar-refractivity contribution in [3.05, 3.63) is 41.7 Å². The molecule has 4 heteroatoms. The summed E-state index contributed by atoms with van der Waals surface area (Å²) in [5.74, 6) is 2.68. The third-order valence-corrected chi connectivity index (χ3v) is 3.22. The molecule has 1 aromatic heterocycles. The molecule has 0 saturated carbocycles. The van der Waals surface area contributed by atoms with Crippen LogP contribution in [0, 0.1) is 13.8 Å². The van der Waals surface area contributed by atoms with Gasteiger partial charge in [0, 0.05) is 24.3 Å². The van der Waals surface area contributed by atoms with Crippen molar-refractivity contribution in [1.29, 1.82) is 0 Å². The first kappa shape index (κ1) is 14.3. The molecule has 4 nitrogen and oxygen atoms in total. The lowest BCUT2D eigenvalue weighted by Crippen LogP contribution is -2.20. The zero-order valence-electron chi connectivity index (χ0n) is 12.6. The second-order valence-electron chi connectivity index (χ2n) is 4.68. The number of nitrogens with one attached hydrogen (secondary N) is 1. The summed E-state index contributed by atoms with van der Waals surface area (Å²) in [7, 11) is 0. The number of rotatable bonds is 5. The minimum absolute atomic E-state index is 0.788. The van der Waals surface area contributed by atoms with Gasteiger partial charge in [-0.2, -0.15) is 0 Å². The maximum absolute atomic E-state index is 4.64. The molecule has 2 rings (SSSR count). The fourth-order valence-corrected chi connectivity index (χ4v) is 2.28. The van der Waals surface area contributed by atoms with Crippen molar-refractivity contribution < 1.29 is 0 Å². The molecule has 2 aromatic rings. The Morgan fingerprint density at radius 3 is 2.35 bits per heavy atom. The Bertz CT molecular complexity index is 566.